The second kappa shape index (κ2) is 13.7. The molecule has 8 nitrogen and oxygen atoms in total. The quantitative estimate of drug-likeness (QED) is 0.427. The fraction of sp³-hybridized carbons (Fsp3) is 0.462. The number of hydrogen-bond acceptors (Lipinski definition) is 5. The molecule has 0 fully saturated rings. The highest BCUT2D eigenvalue weighted by atomic mass is 32.2. The molecule has 2 aromatic rings. The minimum atomic E-state index is -3.54. The number of ether oxygens (including phenoxy) is 1. The summed E-state index contributed by atoms with van der Waals surface area (Å²) in [6, 6.07) is 16.1. The Morgan fingerprint density at radius 3 is 2.20 bits per heavy atom. The van der Waals surface area contributed by atoms with Crippen molar-refractivity contribution in [2.75, 3.05) is 37.3 Å². The highest BCUT2D eigenvalue weighted by Gasteiger charge is 2.27. The van der Waals surface area contributed by atoms with E-state index < -0.39 is 16.1 Å². The number of rotatable bonds is 14. The molecular weight excluding hydrogens is 466 g/mol. The lowest BCUT2D eigenvalue weighted by Crippen LogP contribution is -2.49. The highest BCUT2D eigenvalue weighted by Crippen LogP contribution is 2.22. The Kier molecular flexibility index (Phi) is 11.0. The number of nitrogens with one attached hydrogen (secondary N) is 1. The predicted octanol–water partition coefficient (Wildman–Crippen LogP) is 3.23. The number of hydrogen-bond donors (Lipinski definition) is 1. The van der Waals surface area contributed by atoms with Gasteiger partial charge in [-0.2, -0.15) is 0 Å². The zero-order valence-electron chi connectivity index (χ0n) is 21.1. The molecule has 2 rings (SSSR count). The van der Waals surface area contributed by atoms with Crippen LogP contribution in [0.4, 0.5) is 5.69 Å². The first kappa shape index (κ1) is 28.2. The molecule has 0 aliphatic rings. The van der Waals surface area contributed by atoms with E-state index >= 15 is 0 Å². The molecule has 2 aromatic carbocycles. The fourth-order valence-corrected chi connectivity index (χ4v) is 4.91. The van der Waals surface area contributed by atoms with Gasteiger partial charge in [-0.1, -0.05) is 37.3 Å². The number of likely N-dealkylation sites (N-methyl/N-ethyl adjacent to an activating group) is 1. The van der Waals surface area contributed by atoms with Gasteiger partial charge >= 0.3 is 0 Å². The molecule has 9 heteroatoms. The van der Waals surface area contributed by atoms with E-state index in [1.807, 2.05) is 44.2 Å². The van der Waals surface area contributed by atoms with Crippen molar-refractivity contribution in [3.05, 3.63) is 60.2 Å². The largest absolute Gasteiger partial charge is 0.494 e. The van der Waals surface area contributed by atoms with E-state index in [9.17, 15) is 18.0 Å². The smallest absolute Gasteiger partial charge is 0.242 e. The zero-order chi connectivity index (χ0) is 25.8. The van der Waals surface area contributed by atoms with Gasteiger partial charge in [0, 0.05) is 26.6 Å². The Balaban J connectivity index is 2.11. The molecule has 0 saturated heterocycles. The van der Waals surface area contributed by atoms with Crippen molar-refractivity contribution in [1.82, 2.24) is 10.2 Å². The van der Waals surface area contributed by atoms with Gasteiger partial charge in [0.1, 0.15) is 11.8 Å². The standard InChI is InChI=1S/C26H37N3O5S/c1-5-24(26(31)27-3)28(20-18-21-11-8-7-9-12-21)25(30)13-10-19-29(35(4,32)33)22-14-16-23(17-15-22)34-6-2/h7-9,11-12,14-17,24H,5-6,10,13,18-20H2,1-4H3,(H,27,31). The van der Waals surface area contributed by atoms with Gasteiger partial charge < -0.3 is 15.0 Å². The number of carbonyl (C=O) groups is 2. The van der Waals surface area contributed by atoms with Gasteiger partial charge in [-0.05, 0) is 56.0 Å². The monoisotopic (exact) mass is 503 g/mol. The van der Waals surface area contributed by atoms with Crippen LogP contribution in [0.2, 0.25) is 0 Å². The summed E-state index contributed by atoms with van der Waals surface area (Å²) in [4.78, 5) is 27.3. The Hall–Kier alpha value is -3.07. The molecule has 1 N–H and O–H groups in total. The molecule has 0 aromatic heterocycles. The summed E-state index contributed by atoms with van der Waals surface area (Å²) in [6.45, 7) is 4.84. The molecule has 0 aliphatic heterocycles. The summed E-state index contributed by atoms with van der Waals surface area (Å²) in [7, 11) is -1.98. The van der Waals surface area contributed by atoms with Crippen molar-refractivity contribution in [2.24, 2.45) is 0 Å². The van der Waals surface area contributed by atoms with E-state index in [1.165, 1.54) is 4.31 Å². The third-order valence-electron chi connectivity index (χ3n) is 5.70. The minimum Gasteiger partial charge on any atom is -0.494 e. The average molecular weight is 504 g/mol. The van der Waals surface area contributed by atoms with Crippen LogP contribution >= 0.6 is 0 Å². The Morgan fingerprint density at radius 2 is 1.66 bits per heavy atom. The molecule has 0 spiro atoms. The molecule has 1 unspecified atom stereocenters. The predicted molar refractivity (Wildman–Crippen MR) is 139 cm³/mol. The van der Waals surface area contributed by atoms with E-state index in [4.69, 9.17) is 4.74 Å². The number of amides is 2. The van der Waals surface area contributed by atoms with Crippen LogP contribution in [0.5, 0.6) is 5.75 Å². The van der Waals surface area contributed by atoms with Gasteiger partial charge in [-0.3, -0.25) is 13.9 Å². The van der Waals surface area contributed by atoms with E-state index in [2.05, 4.69) is 5.32 Å². The van der Waals surface area contributed by atoms with Crippen LogP contribution < -0.4 is 14.4 Å². The van der Waals surface area contributed by atoms with Crippen LogP contribution in [-0.4, -0.2) is 64.2 Å². The van der Waals surface area contributed by atoms with Gasteiger partial charge in [0.15, 0.2) is 0 Å². The molecule has 0 heterocycles. The van der Waals surface area contributed by atoms with Gasteiger partial charge in [-0.25, -0.2) is 8.42 Å². The van der Waals surface area contributed by atoms with E-state index in [-0.39, 0.29) is 24.8 Å². The summed E-state index contributed by atoms with van der Waals surface area (Å²) in [6.07, 6.45) is 2.72. The van der Waals surface area contributed by atoms with Crippen LogP contribution in [-0.2, 0) is 26.0 Å². The first-order valence-electron chi connectivity index (χ1n) is 12.0. The molecule has 1 atom stereocenters. The van der Waals surface area contributed by atoms with Crippen molar-refractivity contribution in [2.45, 2.75) is 45.6 Å². The molecule has 35 heavy (non-hydrogen) atoms. The van der Waals surface area contributed by atoms with Crippen molar-refractivity contribution in [3.8, 4) is 5.75 Å². The summed E-state index contributed by atoms with van der Waals surface area (Å²) in [5.74, 6) is 0.284. The highest BCUT2D eigenvalue weighted by molar-refractivity contribution is 7.92. The number of anilines is 1. The first-order valence-corrected chi connectivity index (χ1v) is 13.8. The normalized spacial score (nSPS) is 12.0. The Morgan fingerprint density at radius 1 is 1.00 bits per heavy atom. The SMILES string of the molecule is CCOc1ccc(N(CCCC(=O)N(CCc2ccccc2)C(CC)C(=O)NC)S(C)(=O)=O)cc1. The summed E-state index contributed by atoms with van der Waals surface area (Å²) >= 11 is 0. The average Bonchev–Trinajstić information content (AvgIpc) is 2.84. The molecule has 2 amide bonds. The Labute approximate surface area is 209 Å². The number of nitrogens with zero attached hydrogens (tertiary/aromatic N) is 2. The van der Waals surface area contributed by atoms with Crippen LogP contribution in [0.3, 0.4) is 0 Å². The zero-order valence-corrected chi connectivity index (χ0v) is 21.9. The first-order chi connectivity index (χ1) is 16.7. The lowest BCUT2D eigenvalue weighted by Gasteiger charge is -2.30. The van der Waals surface area contributed by atoms with E-state index in [1.54, 1.807) is 36.2 Å². The van der Waals surface area contributed by atoms with Gasteiger partial charge in [0.2, 0.25) is 21.8 Å². The number of benzene rings is 2. The molecule has 0 aliphatic carbocycles. The van der Waals surface area contributed by atoms with Crippen molar-refractivity contribution < 1.29 is 22.7 Å². The van der Waals surface area contributed by atoms with Crippen LogP contribution in [0.1, 0.15) is 38.7 Å². The second-order valence-electron chi connectivity index (χ2n) is 8.23. The van der Waals surface area contributed by atoms with Crippen LogP contribution in [0.15, 0.2) is 54.6 Å². The maximum absolute atomic E-state index is 13.2. The van der Waals surface area contributed by atoms with Crippen LogP contribution in [0, 0.1) is 0 Å². The topological polar surface area (TPSA) is 96.0 Å². The Bertz CT molecular complexity index is 1040. The van der Waals surface area contributed by atoms with Crippen molar-refractivity contribution in [1.29, 1.82) is 0 Å². The molecule has 192 valence electrons. The molecule has 0 bridgehead atoms. The minimum absolute atomic E-state index is 0.130. The van der Waals surface area contributed by atoms with Crippen molar-refractivity contribution >= 4 is 27.5 Å². The maximum atomic E-state index is 13.2. The maximum Gasteiger partial charge on any atom is 0.242 e. The van der Waals surface area contributed by atoms with E-state index in [0.29, 0.717) is 43.9 Å². The summed E-state index contributed by atoms with van der Waals surface area (Å²) < 4.78 is 31.6. The van der Waals surface area contributed by atoms with Gasteiger partial charge in [0.05, 0.1) is 18.6 Å². The third kappa shape index (κ3) is 8.58. The fourth-order valence-electron chi connectivity index (χ4n) is 3.94. The third-order valence-corrected chi connectivity index (χ3v) is 6.90. The van der Waals surface area contributed by atoms with Crippen molar-refractivity contribution in [3.63, 3.8) is 0 Å². The number of sulfonamides is 1. The van der Waals surface area contributed by atoms with Gasteiger partial charge in [-0.15, -0.1) is 0 Å². The van der Waals surface area contributed by atoms with Crippen LogP contribution in [0.25, 0.3) is 0 Å². The summed E-state index contributed by atoms with van der Waals surface area (Å²) in [5, 5.41) is 2.65. The molecular formula is C26H37N3O5S. The lowest BCUT2D eigenvalue weighted by molar-refractivity contribution is -0.140. The number of carbonyl (C=O) groups excluding carboxylic acids is 2. The van der Waals surface area contributed by atoms with E-state index in [0.717, 1.165) is 11.8 Å². The second-order valence-corrected chi connectivity index (χ2v) is 10.1. The molecule has 0 saturated carbocycles. The molecule has 0 radical (unpaired) electrons. The van der Waals surface area contributed by atoms with Gasteiger partial charge in [0.25, 0.3) is 0 Å². The lowest BCUT2D eigenvalue weighted by atomic mass is 10.1. The summed E-state index contributed by atoms with van der Waals surface area (Å²) in [5.41, 5.74) is 1.59.